The lowest BCUT2D eigenvalue weighted by molar-refractivity contribution is -0.151. The van der Waals surface area contributed by atoms with Crippen molar-refractivity contribution < 1.29 is 24.5 Å². The van der Waals surface area contributed by atoms with Crippen LogP contribution in [-0.2, 0) is 14.3 Å². The van der Waals surface area contributed by atoms with E-state index in [1.807, 2.05) is 0 Å². The van der Waals surface area contributed by atoms with Gasteiger partial charge < -0.3 is 20.3 Å². The minimum Gasteiger partial charge on any atom is -0.462 e. The van der Waals surface area contributed by atoms with E-state index in [0.29, 0.717) is 19.3 Å². The first kappa shape index (κ1) is 67.6. The Bertz CT molecular complexity index is 1050. The number of hydrogen-bond donors (Lipinski definition) is 3. The van der Waals surface area contributed by atoms with Crippen molar-refractivity contribution in [3.8, 4) is 0 Å². The molecule has 0 radical (unpaired) electrons. The normalized spacial score (nSPS) is 13.1. The predicted octanol–water partition coefficient (Wildman–Crippen LogP) is 19.6. The number of aliphatic hydroxyl groups is 2. The van der Waals surface area contributed by atoms with E-state index in [9.17, 15) is 19.8 Å². The van der Waals surface area contributed by atoms with Gasteiger partial charge >= 0.3 is 5.97 Å². The van der Waals surface area contributed by atoms with Crippen LogP contribution in [0, 0.1) is 0 Å². The van der Waals surface area contributed by atoms with Gasteiger partial charge in [0.2, 0.25) is 5.91 Å². The second kappa shape index (κ2) is 57.5. The van der Waals surface area contributed by atoms with Crippen molar-refractivity contribution in [2.45, 2.75) is 373 Å². The number of esters is 1. The summed E-state index contributed by atoms with van der Waals surface area (Å²) in [7, 11) is 0. The molecule has 0 aromatic rings. The molecule has 0 bridgehead atoms. The summed E-state index contributed by atoms with van der Waals surface area (Å²) in [5.41, 5.74) is 0. The Hall–Kier alpha value is -1.40. The van der Waals surface area contributed by atoms with Gasteiger partial charge in [-0.1, -0.05) is 303 Å². The molecule has 410 valence electrons. The summed E-state index contributed by atoms with van der Waals surface area (Å²) >= 11 is 0. The minimum atomic E-state index is -0.785. The van der Waals surface area contributed by atoms with Crippen molar-refractivity contribution >= 4 is 11.9 Å². The average Bonchev–Trinajstić information content (AvgIpc) is 3.34. The summed E-state index contributed by atoms with van der Waals surface area (Å²) < 4.78 is 5.99. The first-order valence-corrected chi connectivity index (χ1v) is 31.4. The highest BCUT2D eigenvalue weighted by molar-refractivity contribution is 5.77. The van der Waals surface area contributed by atoms with Crippen molar-refractivity contribution in [2.75, 3.05) is 6.61 Å². The Labute approximate surface area is 431 Å². The molecule has 3 N–H and O–H groups in total. The largest absolute Gasteiger partial charge is 0.462 e. The van der Waals surface area contributed by atoms with E-state index in [0.717, 1.165) is 51.4 Å². The highest BCUT2D eigenvalue weighted by atomic mass is 16.5. The van der Waals surface area contributed by atoms with E-state index in [1.54, 1.807) is 0 Å². The van der Waals surface area contributed by atoms with Crippen LogP contribution in [0.15, 0.2) is 12.2 Å². The molecule has 0 aromatic heterocycles. The molecule has 3 atom stereocenters. The number of aliphatic hydroxyl groups excluding tert-OH is 2. The molecule has 6 heteroatoms. The summed E-state index contributed by atoms with van der Waals surface area (Å²) in [4.78, 5) is 26.4. The van der Waals surface area contributed by atoms with Gasteiger partial charge in [0.1, 0.15) is 6.10 Å². The van der Waals surface area contributed by atoms with Gasteiger partial charge in [-0.15, -0.1) is 0 Å². The Balaban J connectivity index is 4.50. The van der Waals surface area contributed by atoms with E-state index in [2.05, 4.69) is 38.2 Å². The zero-order valence-corrected chi connectivity index (χ0v) is 47.0. The zero-order chi connectivity index (χ0) is 50.2. The monoisotopic (exact) mass is 974 g/mol. The van der Waals surface area contributed by atoms with Gasteiger partial charge in [0, 0.05) is 6.42 Å². The molecule has 0 rings (SSSR count). The van der Waals surface area contributed by atoms with Gasteiger partial charge in [-0.05, 0) is 51.4 Å². The average molecular weight is 975 g/mol. The summed E-state index contributed by atoms with van der Waals surface area (Å²) in [5.74, 6) is -0.450. The van der Waals surface area contributed by atoms with Crippen molar-refractivity contribution in [3.05, 3.63) is 12.2 Å². The molecule has 0 fully saturated rings. The van der Waals surface area contributed by atoms with Crippen LogP contribution < -0.4 is 5.32 Å². The molecule has 0 aliphatic carbocycles. The van der Waals surface area contributed by atoms with Crippen LogP contribution in [0.1, 0.15) is 355 Å². The number of carbonyl (C=O) groups excluding carboxylic acids is 2. The number of amides is 1. The van der Waals surface area contributed by atoms with Gasteiger partial charge in [0.05, 0.1) is 25.2 Å². The lowest BCUT2D eigenvalue weighted by Gasteiger charge is -2.24. The maximum Gasteiger partial charge on any atom is 0.306 e. The molecule has 0 heterocycles. The molecule has 0 aliphatic rings. The fourth-order valence-corrected chi connectivity index (χ4v) is 10.1. The second-order valence-corrected chi connectivity index (χ2v) is 21.8. The first-order valence-electron chi connectivity index (χ1n) is 31.4. The van der Waals surface area contributed by atoms with E-state index < -0.39 is 18.2 Å². The Morgan fingerprint density at radius 1 is 0.406 bits per heavy atom. The third kappa shape index (κ3) is 52.7. The van der Waals surface area contributed by atoms with Crippen molar-refractivity contribution in [1.82, 2.24) is 5.32 Å². The highest BCUT2D eigenvalue weighted by Crippen LogP contribution is 2.19. The smallest absolute Gasteiger partial charge is 0.306 e. The molecule has 0 aromatic carbocycles. The molecule has 0 aliphatic heterocycles. The lowest BCUT2D eigenvalue weighted by Crippen LogP contribution is -2.46. The number of rotatable bonds is 58. The maximum absolute atomic E-state index is 13.3. The first-order chi connectivity index (χ1) is 34.0. The van der Waals surface area contributed by atoms with Gasteiger partial charge in [-0.3, -0.25) is 9.59 Å². The zero-order valence-electron chi connectivity index (χ0n) is 47.0. The molecule has 3 unspecified atom stereocenters. The van der Waals surface area contributed by atoms with Crippen molar-refractivity contribution in [2.24, 2.45) is 0 Å². The van der Waals surface area contributed by atoms with E-state index in [-0.39, 0.29) is 24.9 Å². The van der Waals surface area contributed by atoms with E-state index >= 15 is 0 Å². The molecule has 6 nitrogen and oxygen atoms in total. The third-order valence-corrected chi connectivity index (χ3v) is 14.8. The van der Waals surface area contributed by atoms with Gasteiger partial charge in [0.15, 0.2) is 0 Å². The highest BCUT2D eigenvalue weighted by Gasteiger charge is 2.24. The molecular formula is C63H123NO5. The third-order valence-electron chi connectivity index (χ3n) is 14.8. The maximum atomic E-state index is 13.3. The topological polar surface area (TPSA) is 95.9 Å². The predicted molar refractivity (Wildman–Crippen MR) is 301 cm³/mol. The van der Waals surface area contributed by atoms with Crippen LogP contribution in [-0.4, -0.2) is 46.9 Å². The number of nitrogens with one attached hydrogen (secondary N) is 1. The Morgan fingerprint density at radius 3 is 1.03 bits per heavy atom. The van der Waals surface area contributed by atoms with E-state index in [1.165, 1.54) is 257 Å². The summed E-state index contributed by atoms with van der Waals surface area (Å²) in [5, 5.41) is 24.0. The Kier molecular flexibility index (Phi) is 56.3. The minimum absolute atomic E-state index is 0.0828. The van der Waals surface area contributed by atoms with Gasteiger partial charge in [-0.25, -0.2) is 0 Å². The van der Waals surface area contributed by atoms with Crippen LogP contribution in [0.2, 0.25) is 0 Å². The number of allylic oxidation sites excluding steroid dienone is 2. The fraction of sp³-hybridized carbons (Fsp3) is 0.937. The van der Waals surface area contributed by atoms with Crippen LogP contribution in [0.4, 0.5) is 0 Å². The Morgan fingerprint density at radius 2 is 0.696 bits per heavy atom. The van der Waals surface area contributed by atoms with Crippen molar-refractivity contribution in [3.63, 3.8) is 0 Å². The van der Waals surface area contributed by atoms with Crippen LogP contribution in [0.25, 0.3) is 0 Å². The number of ether oxygens (including phenoxy) is 1. The van der Waals surface area contributed by atoms with Crippen molar-refractivity contribution in [1.29, 1.82) is 0 Å². The summed E-state index contributed by atoms with van der Waals surface area (Å²) in [6, 6.07) is -0.698. The molecule has 0 saturated carbocycles. The van der Waals surface area contributed by atoms with Gasteiger partial charge in [-0.2, -0.15) is 0 Å². The molecule has 0 spiro atoms. The van der Waals surface area contributed by atoms with Crippen LogP contribution in [0.5, 0.6) is 0 Å². The number of hydrogen-bond acceptors (Lipinski definition) is 5. The SMILES string of the molecule is CCCCCCCC/C=C/CCCCCCCCCC(CC(=O)NC(CO)C(O)CCCCCCCCCCCCCCCCCC)OC(=O)CCCCCCCCCCCCCCCCCCC. The summed E-state index contributed by atoms with van der Waals surface area (Å²) in [6.45, 7) is 6.54. The lowest BCUT2D eigenvalue weighted by atomic mass is 10.0. The van der Waals surface area contributed by atoms with E-state index in [4.69, 9.17) is 4.74 Å². The number of unbranched alkanes of at least 4 members (excludes halogenated alkanes) is 44. The summed E-state index contributed by atoms with van der Waals surface area (Å²) in [6.07, 6.45) is 67.1. The van der Waals surface area contributed by atoms with Crippen LogP contribution >= 0.6 is 0 Å². The molecule has 1 amide bonds. The van der Waals surface area contributed by atoms with Crippen LogP contribution in [0.3, 0.4) is 0 Å². The molecular weight excluding hydrogens is 851 g/mol. The fourth-order valence-electron chi connectivity index (χ4n) is 10.1. The quantitative estimate of drug-likeness (QED) is 0.0321. The molecule has 0 saturated heterocycles. The molecule has 69 heavy (non-hydrogen) atoms. The standard InChI is InChI=1S/C63H123NO5/c1-4-7-10-13-16-19-22-25-28-31-33-36-39-42-45-48-51-54-59(69-63(68)56-53-50-47-44-41-38-35-32-29-26-23-20-17-14-11-8-5-2)57-62(67)64-60(58-65)61(66)55-52-49-46-43-40-37-34-30-27-24-21-18-15-12-9-6-3/h25,28,59-61,65-66H,4-24,26-27,29-58H2,1-3H3,(H,64,67)/b28-25+. The second-order valence-electron chi connectivity index (χ2n) is 21.8. The van der Waals surface area contributed by atoms with Gasteiger partial charge in [0.25, 0.3) is 0 Å². The number of carbonyl (C=O) groups is 2.